The molecule has 0 saturated carbocycles. The fourth-order valence-electron chi connectivity index (χ4n) is 1.49. The van der Waals surface area contributed by atoms with E-state index in [1.165, 1.54) is 4.90 Å². The average molecular weight is 266 g/mol. The van der Waals surface area contributed by atoms with Gasteiger partial charge in [-0.3, -0.25) is 4.79 Å². The van der Waals surface area contributed by atoms with Crippen LogP contribution in [0.3, 0.4) is 0 Å². The molecule has 0 bridgehead atoms. The first-order valence-electron chi connectivity index (χ1n) is 6.40. The molecular weight excluding hydrogens is 244 g/mol. The summed E-state index contributed by atoms with van der Waals surface area (Å²) in [5, 5.41) is 6.14. The van der Waals surface area contributed by atoms with Crippen LogP contribution in [0.25, 0.3) is 0 Å². The summed E-state index contributed by atoms with van der Waals surface area (Å²) in [5.74, 6) is 1.07. The summed E-state index contributed by atoms with van der Waals surface area (Å²) < 4.78 is 0. The third-order valence-electron chi connectivity index (χ3n) is 2.56. The Balaban J connectivity index is 2.12. The van der Waals surface area contributed by atoms with Gasteiger partial charge in [0.1, 0.15) is 0 Å². The van der Waals surface area contributed by atoms with Crippen molar-refractivity contribution in [2.75, 3.05) is 25.4 Å². The van der Waals surface area contributed by atoms with Crippen molar-refractivity contribution in [3.8, 4) is 0 Å². The first kappa shape index (κ1) is 15.1. The number of nitrogens with one attached hydrogen (secondary N) is 2. The largest absolute Gasteiger partial charge is 0.355 e. The molecule has 1 aromatic rings. The quantitative estimate of drug-likeness (QED) is 0.559. The zero-order chi connectivity index (χ0) is 13.2. The molecule has 0 aromatic heterocycles. The van der Waals surface area contributed by atoms with Gasteiger partial charge in [-0.25, -0.2) is 0 Å². The Morgan fingerprint density at radius 3 is 2.72 bits per heavy atom. The number of amides is 1. The Morgan fingerprint density at radius 1 is 1.33 bits per heavy atom. The molecule has 3 nitrogen and oxygen atoms in total. The molecule has 100 valence electrons. The topological polar surface area (TPSA) is 41.1 Å². The molecule has 0 heterocycles. The monoisotopic (exact) mass is 266 g/mol. The Labute approximate surface area is 114 Å². The van der Waals surface area contributed by atoms with E-state index in [4.69, 9.17) is 0 Å². The van der Waals surface area contributed by atoms with E-state index in [9.17, 15) is 4.79 Å². The number of hydrogen-bond donors (Lipinski definition) is 2. The van der Waals surface area contributed by atoms with Crippen LogP contribution in [0.15, 0.2) is 35.2 Å². The summed E-state index contributed by atoms with van der Waals surface area (Å²) in [4.78, 5) is 12.9. The van der Waals surface area contributed by atoms with Crippen molar-refractivity contribution < 1.29 is 4.79 Å². The third kappa shape index (κ3) is 6.07. The Morgan fingerprint density at radius 2 is 2.06 bits per heavy atom. The van der Waals surface area contributed by atoms with Crippen molar-refractivity contribution >= 4 is 17.7 Å². The van der Waals surface area contributed by atoms with E-state index in [0.717, 1.165) is 25.4 Å². The van der Waals surface area contributed by atoms with Gasteiger partial charge in [-0.15, -0.1) is 11.8 Å². The number of carbonyl (C=O) groups excluding carboxylic acids is 1. The Hall–Kier alpha value is -1.00. The second-order valence-corrected chi connectivity index (χ2v) is 5.33. The Kier molecular flexibility index (Phi) is 7.53. The summed E-state index contributed by atoms with van der Waals surface area (Å²) in [7, 11) is 0. The fourth-order valence-corrected chi connectivity index (χ4v) is 2.28. The molecule has 18 heavy (non-hydrogen) atoms. The second kappa shape index (κ2) is 9.00. The van der Waals surface area contributed by atoms with Gasteiger partial charge in [-0.1, -0.05) is 32.0 Å². The lowest BCUT2D eigenvalue weighted by molar-refractivity contribution is -0.124. The first-order chi connectivity index (χ1) is 8.74. The minimum Gasteiger partial charge on any atom is -0.355 e. The molecule has 1 rings (SSSR count). The van der Waals surface area contributed by atoms with Gasteiger partial charge in [0.05, 0.1) is 0 Å². The van der Waals surface area contributed by atoms with Crippen molar-refractivity contribution in [3.05, 3.63) is 30.3 Å². The molecule has 0 spiro atoms. The van der Waals surface area contributed by atoms with Crippen molar-refractivity contribution in [2.24, 2.45) is 5.92 Å². The normalized spacial score (nSPS) is 12.1. The summed E-state index contributed by atoms with van der Waals surface area (Å²) in [5.41, 5.74) is 0. The highest BCUT2D eigenvalue weighted by Gasteiger charge is 2.10. The van der Waals surface area contributed by atoms with E-state index in [0.29, 0.717) is 0 Å². The Bertz CT molecular complexity index is 343. The summed E-state index contributed by atoms with van der Waals surface area (Å²) >= 11 is 1.76. The fraction of sp³-hybridized carbons (Fsp3) is 0.500. The highest BCUT2D eigenvalue weighted by Crippen LogP contribution is 2.15. The minimum absolute atomic E-state index is 0.0340. The maximum atomic E-state index is 11.7. The van der Waals surface area contributed by atoms with Gasteiger partial charge in [-0.2, -0.15) is 0 Å². The van der Waals surface area contributed by atoms with Gasteiger partial charge in [0.2, 0.25) is 5.91 Å². The maximum Gasteiger partial charge on any atom is 0.224 e. The van der Waals surface area contributed by atoms with E-state index < -0.39 is 0 Å². The minimum atomic E-state index is 0.0340. The molecule has 0 saturated heterocycles. The molecule has 1 unspecified atom stereocenters. The van der Waals surface area contributed by atoms with Crippen LogP contribution in [0.2, 0.25) is 0 Å². The summed E-state index contributed by atoms with van der Waals surface area (Å²) in [6.45, 7) is 6.36. The average Bonchev–Trinajstić information content (AvgIpc) is 2.41. The van der Waals surface area contributed by atoms with Crippen LogP contribution in [-0.4, -0.2) is 31.3 Å². The molecule has 0 aliphatic carbocycles. The van der Waals surface area contributed by atoms with Crippen LogP contribution in [0, 0.1) is 5.92 Å². The second-order valence-electron chi connectivity index (χ2n) is 4.16. The van der Waals surface area contributed by atoms with Gasteiger partial charge in [0.15, 0.2) is 0 Å². The number of hydrogen-bond acceptors (Lipinski definition) is 3. The summed E-state index contributed by atoms with van der Waals surface area (Å²) in [6.07, 6.45) is 0. The SMILES string of the molecule is CCNCC(C)C(=O)NCCSc1ccccc1. The van der Waals surface area contributed by atoms with Crippen LogP contribution >= 0.6 is 11.8 Å². The molecule has 0 aliphatic rings. The lowest BCUT2D eigenvalue weighted by Gasteiger charge is -2.12. The molecule has 0 aliphatic heterocycles. The smallest absolute Gasteiger partial charge is 0.224 e. The van der Waals surface area contributed by atoms with Crippen LogP contribution in [0.1, 0.15) is 13.8 Å². The molecule has 4 heteroatoms. The lowest BCUT2D eigenvalue weighted by atomic mass is 10.1. The number of carbonyl (C=O) groups is 1. The number of thioether (sulfide) groups is 1. The highest BCUT2D eigenvalue weighted by molar-refractivity contribution is 7.99. The van der Waals surface area contributed by atoms with Crippen molar-refractivity contribution in [2.45, 2.75) is 18.7 Å². The van der Waals surface area contributed by atoms with Crippen molar-refractivity contribution in [1.82, 2.24) is 10.6 Å². The van der Waals surface area contributed by atoms with Gasteiger partial charge in [0, 0.05) is 29.7 Å². The van der Waals surface area contributed by atoms with Gasteiger partial charge in [-0.05, 0) is 18.7 Å². The van der Waals surface area contributed by atoms with E-state index in [1.54, 1.807) is 11.8 Å². The molecule has 1 atom stereocenters. The zero-order valence-corrected chi connectivity index (χ0v) is 11.9. The predicted octanol–water partition coefficient (Wildman–Crippen LogP) is 2.14. The van der Waals surface area contributed by atoms with Crippen molar-refractivity contribution in [3.63, 3.8) is 0 Å². The maximum absolute atomic E-state index is 11.7. The first-order valence-corrected chi connectivity index (χ1v) is 7.39. The highest BCUT2D eigenvalue weighted by atomic mass is 32.2. The zero-order valence-electron chi connectivity index (χ0n) is 11.1. The van der Waals surface area contributed by atoms with E-state index >= 15 is 0 Å². The lowest BCUT2D eigenvalue weighted by Crippen LogP contribution is -2.36. The molecule has 1 aromatic carbocycles. The molecule has 0 fully saturated rings. The molecule has 1 amide bonds. The van der Waals surface area contributed by atoms with Crippen LogP contribution in [0.4, 0.5) is 0 Å². The van der Waals surface area contributed by atoms with Gasteiger partial charge < -0.3 is 10.6 Å². The van der Waals surface area contributed by atoms with Gasteiger partial charge >= 0.3 is 0 Å². The number of benzene rings is 1. The van der Waals surface area contributed by atoms with Crippen LogP contribution in [-0.2, 0) is 4.79 Å². The van der Waals surface area contributed by atoms with Crippen molar-refractivity contribution in [1.29, 1.82) is 0 Å². The van der Waals surface area contributed by atoms with Gasteiger partial charge in [0.25, 0.3) is 0 Å². The third-order valence-corrected chi connectivity index (χ3v) is 3.58. The van der Waals surface area contributed by atoms with Crippen LogP contribution in [0.5, 0.6) is 0 Å². The van der Waals surface area contributed by atoms with E-state index in [-0.39, 0.29) is 11.8 Å². The van der Waals surface area contributed by atoms with Crippen LogP contribution < -0.4 is 10.6 Å². The standard InChI is InChI=1S/C14H22N2OS/c1-3-15-11-12(2)14(17)16-9-10-18-13-7-5-4-6-8-13/h4-8,12,15H,3,9-11H2,1-2H3,(H,16,17). The van der Waals surface area contributed by atoms with E-state index in [2.05, 4.69) is 22.8 Å². The van der Waals surface area contributed by atoms with E-state index in [1.807, 2.05) is 32.0 Å². The predicted molar refractivity (Wildman–Crippen MR) is 77.9 cm³/mol. The molecule has 0 radical (unpaired) electrons. The molecular formula is C14H22N2OS. The molecule has 2 N–H and O–H groups in total. The number of rotatable bonds is 8. The summed E-state index contributed by atoms with van der Waals surface area (Å²) in [6, 6.07) is 10.2.